The molecule has 2 amide bonds. The first-order valence-corrected chi connectivity index (χ1v) is 11.1. The van der Waals surface area contributed by atoms with Crippen LogP contribution in [0.1, 0.15) is 27.7 Å². The molecule has 1 aliphatic carbocycles. The van der Waals surface area contributed by atoms with Crippen LogP contribution in [0.15, 0.2) is 42.0 Å². The van der Waals surface area contributed by atoms with Crippen LogP contribution in [-0.4, -0.2) is 60.4 Å². The molecule has 4 aliphatic rings. The first-order chi connectivity index (χ1) is 14.0. The summed E-state index contributed by atoms with van der Waals surface area (Å²) in [6.07, 6.45) is 2.29. The molecule has 0 spiro atoms. The van der Waals surface area contributed by atoms with Gasteiger partial charge in [-0.1, -0.05) is 50.6 Å². The molecule has 5 rings (SSSR count). The molecule has 29 heavy (non-hydrogen) atoms. The van der Waals surface area contributed by atoms with Crippen LogP contribution in [0.3, 0.4) is 0 Å². The third-order valence-electron chi connectivity index (χ3n) is 7.28. The van der Waals surface area contributed by atoms with Crippen molar-refractivity contribution < 1.29 is 9.59 Å². The number of imide groups is 1. The molecule has 0 saturated carbocycles. The van der Waals surface area contributed by atoms with E-state index < -0.39 is 0 Å². The van der Waals surface area contributed by atoms with Crippen molar-refractivity contribution in [3.8, 4) is 0 Å². The minimum absolute atomic E-state index is 0.00825. The van der Waals surface area contributed by atoms with Gasteiger partial charge < -0.3 is 4.90 Å². The summed E-state index contributed by atoms with van der Waals surface area (Å²) in [7, 11) is 0. The van der Waals surface area contributed by atoms with Gasteiger partial charge in [0.1, 0.15) is 0 Å². The van der Waals surface area contributed by atoms with Crippen molar-refractivity contribution in [2.24, 2.45) is 23.7 Å². The van der Waals surface area contributed by atoms with E-state index >= 15 is 0 Å². The Hall–Kier alpha value is -1.98. The number of allylic oxidation sites excluding steroid dienone is 1. The molecule has 1 aromatic rings. The van der Waals surface area contributed by atoms with E-state index in [1.54, 1.807) is 0 Å². The van der Waals surface area contributed by atoms with Crippen LogP contribution < -0.4 is 4.90 Å². The highest BCUT2D eigenvalue weighted by atomic mass is 16.2. The van der Waals surface area contributed by atoms with Crippen molar-refractivity contribution in [3.63, 3.8) is 0 Å². The topological polar surface area (TPSA) is 43.9 Å². The second kappa shape index (κ2) is 8.04. The normalized spacial score (nSPS) is 32.0. The van der Waals surface area contributed by atoms with Gasteiger partial charge in [0.05, 0.1) is 17.5 Å². The molecule has 5 nitrogen and oxygen atoms in total. The first-order valence-electron chi connectivity index (χ1n) is 11.1. The Morgan fingerprint density at radius 2 is 1.66 bits per heavy atom. The van der Waals surface area contributed by atoms with Gasteiger partial charge >= 0.3 is 0 Å². The fourth-order valence-electron chi connectivity index (χ4n) is 5.84. The summed E-state index contributed by atoms with van der Waals surface area (Å²) in [6.45, 7) is 13.7. The van der Waals surface area contributed by atoms with Gasteiger partial charge in [-0.15, -0.1) is 0 Å². The lowest BCUT2D eigenvalue weighted by molar-refractivity contribution is -0.123. The van der Waals surface area contributed by atoms with E-state index in [1.807, 2.05) is 30.3 Å². The number of hydrogen-bond donors (Lipinski definition) is 0. The molecule has 5 atom stereocenters. The number of anilines is 1. The molecular formula is C24H33N3O2. The zero-order valence-corrected chi connectivity index (χ0v) is 18.0. The van der Waals surface area contributed by atoms with Crippen molar-refractivity contribution >= 4 is 17.5 Å². The van der Waals surface area contributed by atoms with E-state index in [2.05, 4.69) is 43.6 Å². The standard InChI is InChI=1S/C24H33N3O2/c1-5-25(6-2)12-13-26-15-17(4)20-16(3)14-19(26)21-22(20)24(29)27(23(21)28)18-10-8-7-9-11-18/h7-11,14,17,19-22H,5-6,12-13,15H2,1-4H3/t17-,19-,20+,21-,22-/m0/s1. The van der Waals surface area contributed by atoms with Gasteiger partial charge in [0.15, 0.2) is 0 Å². The molecular weight excluding hydrogens is 362 g/mol. The summed E-state index contributed by atoms with van der Waals surface area (Å²) in [5.41, 5.74) is 1.99. The molecule has 1 aromatic carbocycles. The maximum Gasteiger partial charge on any atom is 0.239 e. The minimum atomic E-state index is -0.266. The SMILES string of the molecule is CCN(CC)CCN1C[C@H](C)[C@H]2C(C)=C[C@H]1[C@@H]1C(=O)N(c3ccccc3)C(=O)[C@H]12. The van der Waals surface area contributed by atoms with Crippen molar-refractivity contribution in [1.82, 2.24) is 9.80 Å². The zero-order chi connectivity index (χ0) is 20.7. The molecule has 2 fully saturated rings. The fraction of sp³-hybridized carbons (Fsp3) is 0.583. The van der Waals surface area contributed by atoms with E-state index in [1.165, 1.54) is 10.5 Å². The molecule has 2 saturated heterocycles. The highest BCUT2D eigenvalue weighted by Crippen LogP contribution is 2.49. The first kappa shape index (κ1) is 20.3. The van der Waals surface area contributed by atoms with Crippen LogP contribution in [-0.2, 0) is 9.59 Å². The number of para-hydroxylation sites is 1. The van der Waals surface area contributed by atoms with Gasteiger partial charge in [0.2, 0.25) is 11.8 Å². The van der Waals surface area contributed by atoms with Crippen molar-refractivity contribution in [2.75, 3.05) is 37.6 Å². The number of amides is 2. The smallest absolute Gasteiger partial charge is 0.239 e. The number of rotatable bonds is 6. The van der Waals surface area contributed by atoms with Crippen LogP contribution in [0.5, 0.6) is 0 Å². The van der Waals surface area contributed by atoms with Gasteiger partial charge in [-0.2, -0.15) is 0 Å². The maximum atomic E-state index is 13.5. The van der Waals surface area contributed by atoms with Gasteiger partial charge in [0.25, 0.3) is 0 Å². The minimum Gasteiger partial charge on any atom is -0.303 e. The van der Waals surface area contributed by atoms with E-state index in [0.717, 1.165) is 32.7 Å². The van der Waals surface area contributed by atoms with Gasteiger partial charge in [-0.05, 0) is 44.0 Å². The van der Waals surface area contributed by atoms with Crippen LogP contribution in [0, 0.1) is 23.7 Å². The lowest BCUT2D eigenvalue weighted by atomic mass is 9.68. The highest BCUT2D eigenvalue weighted by Gasteiger charge is 2.59. The van der Waals surface area contributed by atoms with Crippen molar-refractivity contribution in [2.45, 2.75) is 33.7 Å². The predicted molar refractivity (Wildman–Crippen MR) is 115 cm³/mol. The Balaban J connectivity index is 1.68. The Labute approximate surface area is 174 Å². The third-order valence-corrected chi connectivity index (χ3v) is 7.28. The summed E-state index contributed by atoms with van der Waals surface area (Å²) in [5, 5.41) is 0. The molecule has 3 aliphatic heterocycles. The average molecular weight is 396 g/mol. The van der Waals surface area contributed by atoms with Gasteiger partial charge in [-0.25, -0.2) is 4.90 Å². The summed E-state index contributed by atoms with van der Waals surface area (Å²) in [6, 6.07) is 9.44. The Morgan fingerprint density at radius 3 is 2.31 bits per heavy atom. The second-order valence-electron chi connectivity index (χ2n) is 8.83. The lowest BCUT2D eigenvalue weighted by Gasteiger charge is -2.36. The summed E-state index contributed by atoms with van der Waals surface area (Å²) < 4.78 is 0. The van der Waals surface area contributed by atoms with E-state index in [9.17, 15) is 9.59 Å². The monoisotopic (exact) mass is 395 g/mol. The number of hydrogen-bond acceptors (Lipinski definition) is 4. The highest BCUT2D eigenvalue weighted by molar-refractivity contribution is 6.22. The quantitative estimate of drug-likeness (QED) is 0.549. The molecule has 0 N–H and O–H groups in total. The predicted octanol–water partition coefficient (Wildman–Crippen LogP) is 3.03. The molecule has 0 unspecified atom stereocenters. The van der Waals surface area contributed by atoms with E-state index in [-0.39, 0.29) is 35.6 Å². The van der Waals surface area contributed by atoms with Crippen LogP contribution in [0.2, 0.25) is 0 Å². The maximum absolute atomic E-state index is 13.5. The molecule has 156 valence electrons. The van der Waals surface area contributed by atoms with Crippen LogP contribution >= 0.6 is 0 Å². The zero-order valence-electron chi connectivity index (χ0n) is 18.0. The third kappa shape index (κ3) is 3.34. The molecule has 3 heterocycles. The van der Waals surface area contributed by atoms with Crippen LogP contribution in [0.25, 0.3) is 0 Å². The van der Waals surface area contributed by atoms with Gasteiger partial charge in [0, 0.05) is 25.7 Å². The number of carbonyl (C=O) groups excluding carboxylic acids is 2. The number of nitrogens with zero attached hydrogens (tertiary/aromatic N) is 3. The summed E-state index contributed by atoms with van der Waals surface area (Å²) >= 11 is 0. The summed E-state index contributed by atoms with van der Waals surface area (Å²) in [5.74, 6) is -0.0162. The molecule has 2 bridgehead atoms. The molecule has 0 aromatic heterocycles. The second-order valence-corrected chi connectivity index (χ2v) is 8.83. The largest absolute Gasteiger partial charge is 0.303 e. The molecule has 0 radical (unpaired) electrons. The number of fused-ring (bicyclic) bond motifs is 2. The van der Waals surface area contributed by atoms with Crippen molar-refractivity contribution in [1.29, 1.82) is 0 Å². The van der Waals surface area contributed by atoms with E-state index in [0.29, 0.717) is 11.6 Å². The van der Waals surface area contributed by atoms with E-state index in [4.69, 9.17) is 0 Å². The Kier molecular flexibility index (Phi) is 5.63. The van der Waals surface area contributed by atoms with Gasteiger partial charge in [-0.3, -0.25) is 14.5 Å². The Morgan fingerprint density at radius 1 is 1.00 bits per heavy atom. The number of carbonyl (C=O) groups is 2. The molecule has 5 heteroatoms. The number of likely N-dealkylation sites (N-methyl/N-ethyl adjacent to an activating group) is 1. The van der Waals surface area contributed by atoms with Crippen molar-refractivity contribution in [3.05, 3.63) is 42.0 Å². The van der Waals surface area contributed by atoms with Crippen LogP contribution in [0.4, 0.5) is 5.69 Å². The average Bonchev–Trinajstić information content (AvgIpc) is 2.83. The number of benzene rings is 1. The fourth-order valence-corrected chi connectivity index (χ4v) is 5.84. The lowest BCUT2D eigenvalue weighted by Crippen LogP contribution is -2.47. The Bertz CT molecular complexity index is 802. The summed E-state index contributed by atoms with van der Waals surface area (Å²) in [4.78, 5) is 33.4.